The van der Waals surface area contributed by atoms with E-state index in [9.17, 15) is 19.5 Å². The molecule has 1 aromatic carbocycles. The van der Waals surface area contributed by atoms with Crippen molar-refractivity contribution < 1.29 is 39.2 Å². The molecular weight excluding hydrogens is 296 g/mol. The van der Waals surface area contributed by atoms with Crippen molar-refractivity contribution in [3.05, 3.63) is 30.3 Å². The molecule has 0 bridgehead atoms. The third kappa shape index (κ3) is 5.80. The van der Waals surface area contributed by atoms with Crippen molar-refractivity contribution in [1.29, 1.82) is 0 Å². The molecule has 1 atom stereocenters. The number of para-hydroxylation sites is 1. The zero-order chi connectivity index (χ0) is 16.6. The van der Waals surface area contributed by atoms with E-state index in [2.05, 4.69) is 0 Å². The van der Waals surface area contributed by atoms with Crippen molar-refractivity contribution >= 4 is 17.9 Å². The number of rotatable bonds is 9. The van der Waals surface area contributed by atoms with Crippen LogP contribution in [-0.2, 0) is 19.1 Å². The molecule has 0 amide bonds. The zero-order valence-corrected chi connectivity index (χ0v) is 11.6. The summed E-state index contributed by atoms with van der Waals surface area (Å²) in [5.41, 5.74) is -2.69. The first kappa shape index (κ1) is 17.4. The van der Waals surface area contributed by atoms with Crippen molar-refractivity contribution in [3.8, 4) is 5.75 Å². The van der Waals surface area contributed by atoms with Crippen molar-refractivity contribution in [2.45, 2.75) is 18.4 Å². The zero-order valence-electron chi connectivity index (χ0n) is 11.6. The lowest BCUT2D eigenvalue weighted by Gasteiger charge is -2.20. The standard InChI is InChI=1S/C14H16O8/c15-11(16)8-14(20,13(18)19)9-12(17)22-7-6-21-10-4-2-1-3-5-10/h1-5,20H,6-9H2,(H,15,16)(H,18,19). The maximum Gasteiger partial charge on any atom is 0.336 e. The minimum atomic E-state index is -2.69. The van der Waals surface area contributed by atoms with Crippen LogP contribution in [0.3, 0.4) is 0 Å². The van der Waals surface area contributed by atoms with E-state index in [1.807, 2.05) is 6.07 Å². The Morgan fingerprint density at radius 1 is 1.00 bits per heavy atom. The van der Waals surface area contributed by atoms with Crippen LogP contribution >= 0.6 is 0 Å². The summed E-state index contributed by atoms with van der Waals surface area (Å²) < 4.78 is 9.96. The van der Waals surface area contributed by atoms with Crippen molar-refractivity contribution in [2.24, 2.45) is 0 Å². The summed E-state index contributed by atoms with van der Waals surface area (Å²) in [7, 11) is 0. The number of esters is 1. The largest absolute Gasteiger partial charge is 0.490 e. The molecule has 8 nitrogen and oxygen atoms in total. The molecule has 0 saturated heterocycles. The number of hydrogen-bond acceptors (Lipinski definition) is 6. The number of carbonyl (C=O) groups is 3. The highest BCUT2D eigenvalue weighted by molar-refractivity contribution is 5.88. The fourth-order valence-corrected chi connectivity index (χ4v) is 1.59. The first-order valence-corrected chi connectivity index (χ1v) is 6.34. The van der Waals surface area contributed by atoms with Gasteiger partial charge in [0.25, 0.3) is 0 Å². The SMILES string of the molecule is O=C(O)CC(O)(CC(=O)OCCOc1ccccc1)C(=O)O. The summed E-state index contributed by atoms with van der Waals surface area (Å²) in [5, 5.41) is 27.0. The van der Waals surface area contributed by atoms with E-state index < -0.39 is 36.4 Å². The number of aliphatic carboxylic acids is 2. The molecule has 0 aliphatic carbocycles. The molecule has 8 heteroatoms. The summed E-state index contributed by atoms with van der Waals surface area (Å²) >= 11 is 0. The number of carboxylic acids is 2. The van der Waals surface area contributed by atoms with Gasteiger partial charge >= 0.3 is 17.9 Å². The molecule has 0 radical (unpaired) electrons. The van der Waals surface area contributed by atoms with Gasteiger partial charge in [-0.05, 0) is 12.1 Å². The van der Waals surface area contributed by atoms with Crippen LogP contribution in [0.2, 0.25) is 0 Å². The van der Waals surface area contributed by atoms with Crippen LogP contribution in [0.1, 0.15) is 12.8 Å². The van der Waals surface area contributed by atoms with Crippen LogP contribution in [0, 0.1) is 0 Å². The van der Waals surface area contributed by atoms with Gasteiger partial charge in [0.2, 0.25) is 0 Å². The minimum absolute atomic E-state index is 0.0418. The van der Waals surface area contributed by atoms with Crippen LogP contribution in [0.25, 0.3) is 0 Å². The van der Waals surface area contributed by atoms with Gasteiger partial charge in [0.1, 0.15) is 19.0 Å². The predicted octanol–water partition coefficient (Wildman–Crippen LogP) is 0.289. The molecule has 1 aromatic rings. The number of carboxylic acid groups (broad SMARTS) is 2. The van der Waals surface area contributed by atoms with Crippen LogP contribution in [0.4, 0.5) is 0 Å². The molecule has 22 heavy (non-hydrogen) atoms. The average Bonchev–Trinajstić information content (AvgIpc) is 2.43. The lowest BCUT2D eigenvalue weighted by Crippen LogP contribution is -2.43. The van der Waals surface area contributed by atoms with Gasteiger partial charge in [-0.15, -0.1) is 0 Å². The molecule has 0 aliphatic heterocycles. The van der Waals surface area contributed by atoms with E-state index in [4.69, 9.17) is 19.7 Å². The Kier molecular flexibility index (Phi) is 6.33. The molecule has 1 unspecified atom stereocenters. The summed E-state index contributed by atoms with van der Waals surface area (Å²) in [6.45, 7) is -0.114. The molecule has 0 spiro atoms. The van der Waals surface area contributed by atoms with Gasteiger partial charge in [0.15, 0.2) is 5.60 Å². The van der Waals surface area contributed by atoms with Gasteiger partial charge in [-0.2, -0.15) is 0 Å². The van der Waals surface area contributed by atoms with E-state index in [1.54, 1.807) is 24.3 Å². The Balaban J connectivity index is 2.38. The Morgan fingerprint density at radius 2 is 1.64 bits per heavy atom. The summed E-state index contributed by atoms with van der Waals surface area (Å²) in [6.07, 6.45) is -2.06. The highest BCUT2D eigenvalue weighted by atomic mass is 16.6. The Morgan fingerprint density at radius 3 is 2.18 bits per heavy atom. The lowest BCUT2D eigenvalue weighted by atomic mass is 9.96. The van der Waals surface area contributed by atoms with Gasteiger partial charge in [0.05, 0.1) is 12.8 Å². The van der Waals surface area contributed by atoms with E-state index in [1.165, 1.54) is 0 Å². The van der Waals surface area contributed by atoms with Crippen LogP contribution < -0.4 is 4.74 Å². The molecule has 0 aromatic heterocycles. The summed E-state index contributed by atoms with van der Waals surface area (Å²) in [5.74, 6) is -3.79. The second-order valence-corrected chi connectivity index (χ2v) is 4.47. The van der Waals surface area contributed by atoms with Gasteiger partial charge in [0, 0.05) is 0 Å². The lowest BCUT2D eigenvalue weighted by molar-refractivity contribution is -0.172. The van der Waals surface area contributed by atoms with Gasteiger partial charge in [-0.25, -0.2) is 4.79 Å². The second-order valence-electron chi connectivity index (χ2n) is 4.47. The second kappa shape index (κ2) is 7.99. The topological polar surface area (TPSA) is 130 Å². The molecule has 0 aliphatic rings. The average molecular weight is 312 g/mol. The fourth-order valence-electron chi connectivity index (χ4n) is 1.59. The summed E-state index contributed by atoms with van der Waals surface area (Å²) in [6, 6.07) is 8.75. The molecule has 1 rings (SSSR count). The van der Waals surface area contributed by atoms with Gasteiger partial charge < -0.3 is 24.8 Å². The molecule has 120 valence electrons. The fraction of sp³-hybridized carbons (Fsp3) is 0.357. The van der Waals surface area contributed by atoms with Gasteiger partial charge in [-0.3, -0.25) is 9.59 Å². The van der Waals surface area contributed by atoms with Crippen LogP contribution in [-0.4, -0.2) is 52.0 Å². The molecule has 0 fully saturated rings. The minimum Gasteiger partial charge on any atom is -0.490 e. The van der Waals surface area contributed by atoms with E-state index in [0.29, 0.717) is 5.75 Å². The molecule has 3 N–H and O–H groups in total. The van der Waals surface area contributed by atoms with Crippen LogP contribution in [0.15, 0.2) is 30.3 Å². The highest BCUT2D eigenvalue weighted by Crippen LogP contribution is 2.17. The number of benzene rings is 1. The number of hydrogen-bond donors (Lipinski definition) is 3. The monoisotopic (exact) mass is 312 g/mol. The third-order valence-corrected chi connectivity index (χ3v) is 2.64. The number of aliphatic hydroxyl groups is 1. The quantitative estimate of drug-likeness (QED) is 0.438. The van der Waals surface area contributed by atoms with E-state index in [-0.39, 0.29) is 13.2 Å². The van der Waals surface area contributed by atoms with Crippen molar-refractivity contribution in [2.75, 3.05) is 13.2 Å². The van der Waals surface area contributed by atoms with Crippen molar-refractivity contribution in [1.82, 2.24) is 0 Å². The predicted molar refractivity (Wildman–Crippen MR) is 72.4 cm³/mol. The van der Waals surface area contributed by atoms with Crippen LogP contribution in [0.5, 0.6) is 5.75 Å². The summed E-state index contributed by atoms with van der Waals surface area (Å²) in [4.78, 5) is 32.8. The molecule has 0 heterocycles. The third-order valence-electron chi connectivity index (χ3n) is 2.64. The molecular formula is C14H16O8. The Bertz CT molecular complexity index is 527. The van der Waals surface area contributed by atoms with Gasteiger partial charge in [-0.1, -0.05) is 18.2 Å². The van der Waals surface area contributed by atoms with Crippen molar-refractivity contribution in [3.63, 3.8) is 0 Å². The molecule has 0 saturated carbocycles. The number of ether oxygens (including phenoxy) is 2. The highest BCUT2D eigenvalue weighted by Gasteiger charge is 2.41. The number of carbonyl (C=O) groups excluding carboxylic acids is 1. The normalized spacial score (nSPS) is 13.0. The Labute approximate surface area is 125 Å². The maximum atomic E-state index is 11.5. The first-order chi connectivity index (χ1) is 10.3. The van der Waals surface area contributed by atoms with E-state index in [0.717, 1.165) is 0 Å². The van der Waals surface area contributed by atoms with E-state index >= 15 is 0 Å². The maximum absolute atomic E-state index is 11.5. The Hall–Kier alpha value is -2.61. The first-order valence-electron chi connectivity index (χ1n) is 6.34. The smallest absolute Gasteiger partial charge is 0.336 e.